The van der Waals surface area contributed by atoms with Gasteiger partial charge in [0.2, 0.25) is 0 Å². The predicted molar refractivity (Wildman–Crippen MR) is 106 cm³/mol. The summed E-state index contributed by atoms with van der Waals surface area (Å²) in [6, 6.07) is 13.0. The van der Waals surface area contributed by atoms with E-state index in [1.165, 1.54) is 11.8 Å². The first-order chi connectivity index (χ1) is 12.8. The molecule has 0 saturated carbocycles. The van der Waals surface area contributed by atoms with E-state index in [1.54, 1.807) is 32.4 Å². The predicted octanol–water partition coefficient (Wildman–Crippen LogP) is 3.53. The fraction of sp³-hybridized carbons (Fsp3) is 0.333. The van der Waals surface area contributed by atoms with Gasteiger partial charge in [0.1, 0.15) is 17.2 Å². The largest absolute Gasteiger partial charge is 0.497 e. The topological polar surface area (TPSA) is 69.2 Å². The second-order valence-electron chi connectivity index (χ2n) is 6.96. The number of carbonyl (C=O) groups is 1. The van der Waals surface area contributed by atoms with E-state index in [0.717, 1.165) is 5.56 Å². The highest BCUT2D eigenvalue weighted by atomic mass is 16.5. The maximum Gasteiger partial charge on any atom is 0.277 e. The third-order valence-electron chi connectivity index (χ3n) is 3.92. The Bertz CT molecular complexity index is 793. The van der Waals surface area contributed by atoms with Crippen molar-refractivity contribution in [3.63, 3.8) is 0 Å². The van der Waals surface area contributed by atoms with Crippen LogP contribution in [0.3, 0.4) is 0 Å². The maximum absolute atomic E-state index is 11.9. The molecule has 1 amide bonds. The van der Waals surface area contributed by atoms with Crippen LogP contribution in [0.2, 0.25) is 0 Å². The molecular weight excluding hydrogens is 344 g/mol. The zero-order valence-corrected chi connectivity index (χ0v) is 16.4. The Hall–Kier alpha value is -3.02. The SMILES string of the molecule is COc1ccc(/C=N/NC(=O)COc2ccc(C(C)(C)C)cc2)c(OC)c1. The van der Waals surface area contributed by atoms with Gasteiger partial charge in [-0.2, -0.15) is 5.10 Å². The molecule has 0 bridgehead atoms. The summed E-state index contributed by atoms with van der Waals surface area (Å²) in [5, 5.41) is 3.94. The standard InChI is InChI=1S/C21H26N2O4/c1-21(2,3)16-7-10-17(11-8-16)27-14-20(24)23-22-13-15-6-9-18(25-4)12-19(15)26-5/h6-13H,14H2,1-5H3,(H,23,24)/b22-13+. The molecule has 0 fully saturated rings. The second kappa shape index (κ2) is 9.07. The van der Waals surface area contributed by atoms with Gasteiger partial charge in [0.25, 0.3) is 5.91 Å². The number of amides is 1. The van der Waals surface area contributed by atoms with Gasteiger partial charge in [0.05, 0.1) is 20.4 Å². The van der Waals surface area contributed by atoms with E-state index in [9.17, 15) is 4.79 Å². The van der Waals surface area contributed by atoms with E-state index < -0.39 is 0 Å². The molecule has 6 heteroatoms. The van der Waals surface area contributed by atoms with Gasteiger partial charge in [0, 0.05) is 11.6 Å². The number of hydrogen-bond donors (Lipinski definition) is 1. The lowest BCUT2D eigenvalue weighted by Gasteiger charge is -2.19. The molecule has 0 radical (unpaired) electrons. The van der Waals surface area contributed by atoms with Crippen molar-refractivity contribution in [2.24, 2.45) is 5.10 Å². The van der Waals surface area contributed by atoms with E-state index >= 15 is 0 Å². The first-order valence-electron chi connectivity index (χ1n) is 8.61. The number of ether oxygens (including phenoxy) is 3. The molecule has 0 aliphatic rings. The molecule has 0 unspecified atom stereocenters. The van der Waals surface area contributed by atoms with E-state index in [0.29, 0.717) is 17.2 Å². The molecule has 0 spiro atoms. The highest BCUT2D eigenvalue weighted by Crippen LogP contribution is 2.24. The van der Waals surface area contributed by atoms with E-state index in [1.807, 2.05) is 24.3 Å². The van der Waals surface area contributed by atoms with E-state index in [-0.39, 0.29) is 17.9 Å². The summed E-state index contributed by atoms with van der Waals surface area (Å²) in [6.45, 7) is 6.32. The van der Waals surface area contributed by atoms with E-state index in [2.05, 4.69) is 31.3 Å². The van der Waals surface area contributed by atoms with Crippen LogP contribution < -0.4 is 19.6 Å². The third kappa shape index (κ3) is 6.02. The van der Waals surface area contributed by atoms with Crippen LogP contribution in [0.25, 0.3) is 0 Å². The summed E-state index contributed by atoms with van der Waals surface area (Å²) < 4.78 is 15.9. The number of hydrazone groups is 1. The Kier molecular flexibility index (Phi) is 6.82. The summed E-state index contributed by atoms with van der Waals surface area (Å²) >= 11 is 0. The van der Waals surface area contributed by atoms with Crippen LogP contribution >= 0.6 is 0 Å². The van der Waals surface area contributed by atoms with Gasteiger partial charge < -0.3 is 14.2 Å². The van der Waals surface area contributed by atoms with Gasteiger partial charge >= 0.3 is 0 Å². The lowest BCUT2D eigenvalue weighted by atomic mass is 9.87. The lowest BCUT2D eigenvalue weighted by Crippen LogP contribution is -2.24. The Morgan fingerprint density at radius 3 is 2.30 bits per heavy atom. The minimum atomic E-state index is -0.348. The molecule has 0 aliphatic carbocycles. The minimum Gasteiger partial charge on any atom is -0.497 e. The summed E-state index contributed by atoms with van der Waals surface area (Å²) in [4.78, 5) is 11.9. The number of benzene rings is 2. The molecule has 2 aromatic rings. The number of carbonyl (C=O) groups excluding carboxylic acids is 1. The molecule has 0 aliphatic heterocycles. The number of nitrogens with one attached hydrogen (secondary N) is 1. The maximum atomic E-state index is 11.9. The van der Waals surface area contributed by atoms with Crippen molar-refractivity contribution in [3.8, 4) is 17.2 Å². The summed E-state index contributed by atoms with van der Waals surface area (Å²) in [7, 11) is 3.14. The Morgan fingerprint density at radius 2 is 1.70 bits per heavy atom. The number of hydrogen-bond acceptors (Lipinski definition) is 5. The van der Waals surface area contributed by atoms with Crippen LogP contribution in [0.4, 0.5) is 0 Å². The van der Waals surface area contributed by atoms with Crippen molar-refractivity contribution < 1.29 is 19.0 Å². The summed E-state index contributed by atoms with van der Waals surface area (Å²) in [5.74, 6) is 1.57. The van der Waals surface area contributed by atoms with Crippen LogP contribution in [-0.2, 0) is 10.2 Å². The quantitative estimate of drug-likeness (QED) is 0.598. The molecule has 0 saturated heterocycles. The van der Waals surface area contributed by atoms with Gasteiger partial charge in [-0.05, 0) is 35.2 Å². The molecule has 2 aromatic carbocycles. The zero-order chi connectivity index (χ0) is 19.9. The fourth-order valence-corrected chi connectivity index (χ4v) is 2.33. The van der Waals surface area contributed by atoms with Crippen molar-refractivity contribution in [1.29, 1.82) is 0 Å². The number of rotatable bonds is 7. The summed E-state index contributed by atoms with van der Waals surface area (Å²) in [6.07, 6.45) is 1.51. The van der Waals surface area contributed by atoms with Crippen LogP contribution in [-0.4, -0.2) is 32.9 Å². The summed E-state index contributed by atoms with van der Waals surface area (Å²) in [5.41, 5.74) is 4.44. The van der Waals surface area contributed by atoms with Crippen molar-refractivity contribution in [2.75, 3.05) is 20.8 Å². The molecule has 1 N–H and O–H groups in total. The Balaban J connectivity index is 1.87. The average Bonchev–Trinajstić information content (AvgIpc) is 2.66. The minimum absolute atomic E-state index is 0.0765. The lowest BCUT2D eigenvalue weighted by molar-refractivity contribution is -0.123. The normalized spacial score (nSPS) is 11.3. The molecule has 0 heterocycles. The highest BCUT2D eigenvalue weighted by Gasteiger charge is 2.13. The molecule has 0 atom stereocenters. The van der Waals surface area contributed by atoms with Gasteiger partial charge in [-0.3, -0.25) is 4.79 Å². The second-order valence-corrected chi connectivity index (χ2v) is 6.96. The Morgan fingerprint density at radius 1 is 1.04 bits per heavy atom. The van der Waals surface area contributed by atoms with Gasteiger partial charge in [0.15, 0.2) is 6.61 Å². The van der Waals surface area contributed by atoms with Crippen molar-refractivity contribution >= 4 is 12.1 Å². The van der Waals surface area contributed by atoms with Crippen LogP contribution in [0.5, 0.6) is 17.2 Å². The number of nitrogens with zero attached hydrogens (tertiary/aromatic N) is 1. The highest BCUT2D eigenvalue weighted by molar-refractivity contribution is 5.85. The molecule has 0 aromatic heterocycles. The smallest absolute Gasteiger partial charge is 0.277 e. The molecular formula is C21H26N2O4. The monoisotopic (exact) mass is 370 g/mol. The molecule has 2 rings (SSSR count). The Labute approximate surface area is 160 Å². The molecule has 144 valence electrons. The van der Waals surface area contributed by atoms with Crippen molar-refractivity contribution in [3.05, 3.63) is 53.6 Å². The van der Waals surface area contributed by atoms with Gasteiger partial charge in [-0.25, -0.2) is 5.43 Å². The molecule has 6 nitrogen and oxygen atoms in total. The van der Waals surface area contributed by atoms with Crippen LogP contribution in [0.15, 0.2) is 47.6 Å². The van der Waals surface area contributed by atoms with Crippen LogP contribution in [0, 0.1) is 0 Å². The van der Waals surface area contributed by atoms with E-state index in [4.69, 9.17) is 14.2 Å². The van der Waals surface area contributed by atoms with Gasteiger partial charge in [-0.15, -0.1) is 0 Å². The van der Waals surface area contributed by atoms with Crippen LogP contribution in [0.1, 0.15) is 31.9 Å². The first-order valence-corrected chi connectivity index (χ1v) is 8.61. The third-order valence-corrected chi connectivity index (χ3v) is 3.92. The molecule has 27 heavy (non-hydrogen) atoms. The van der Waals surface area contributed by atoms with Gasteiger partial charge in [-0.1, -0.05) is 32.9 Å². The number of methoxy groups -OCH3 is 2. The van der Waals surface area contributed by atoms with Crippen molar-refractivity contribution in [2.45, 2.75) is 26.2 Å². The first kappa shape index (κ1) is 20.3. The van der Waals surface area contributed by atoms with Crippen molar-refractivity contribution in [1.82, 2.24) is 5.43 Å². The average molecular weight is 370 g/mol. The fourth-order valence-electron chi connectivity index (χ4n) is 2.33. The zero-order valence-electron chi connectivity index (χ0n) is 16.4.